The van der Waals surface area contributed by atoms with Gasteiger partial charge in [-0.15, -0.1) is 0 Å². The number of methoxy groups -OCH3 is 1. The summed E-state index contributed by atoms with van der Waals surface area (Å²) in [4.78, 5) is 15.3. The molecule has 3 rings (SSSR count). The molecular formula is C21H17F4N3O4S. The Bertz CT molecular complexity index is 1310. The lowest BCUT2D eigenvalue weighted by Crippen LogP contribution is -2.17. The summed E-state index contributed by atoms with van der Waals surface area (Å²) in [5.41, 5.74) is -1.25. The first-order chi connectivity index (χ1) is 15.4. The number of carbonyl (C=O) groups excluding carboxylic acids is 1. The number of pyridine rings is 1. The minimum atomic E-state index is -4.69. The van der Waals surface area contributed by atoms with Gasteiger partial charge in [0.1, 0.15) is 11.6 Å². The molecular weight excluding hydrogens is 466 g/mol. The van der Waals surface area contributed by atoms with Crippen LogP contribution >= 0.6 is 0 Å². The molecule has 2 aromatic carbocycles. The highest BCUT2D eigenvalue weighted by Crippen LogP contribution is 2.34. The Balaban J connectivity index is 1.91. The van der Waals surface area contributed by atoms with E-state index in [-0.39, 0.29) is 34.5 Å². The third kappa shape index (κ3) is 5.84. The Kier molecular flexibility index (Phi) is 6.70. The summed E-state index contributed by atoms with van der Waals surface area (Å²) in [6, 6.07) is 8.18. The first-order valence-corrected chi connectivity index (χ1v) is 10.7. The third-order valence-corrected chi connectivity index (χ3v) is 5.51. The summed E-state index contributed by atoms with van der Waals surface area (Å²) >= 11 is 0. The zero-order valence-corrected chi connectivity index (χ0v) is 17.8. The van der Waals surface area contributed by atoms with E-state index in [4.69, 9.17) is 9.88 Å². The summed E-state index contributed by atoms with van der Waals surface area (Å²) in [6.45, 7) is 0. The predicted molar refractivity (Wildman–Crippen MR) is 111 cm³/mol. The molecule has 0 atom stereocenters. The Morgan fingerprint density at radius 1 is 1.12 bits per heavy atom. The Morgan fingerprint density at radius 3 is 2.45 bits per heavy atom. The molecule has 0 aliphatic carbocycles. The van der Waals surface area contributed by atoms with Crippen molar-refractivity contribution in [2.45, 2.75) is 17.5 Å². The molecule has 0 bridgehead atoms. The van der Waals surface area contributed by atoms with Crippen molar-refractivity contribution in [1.82, 2.24) is 4.98 Å². The van der Waals surface area contributed by atoms with E-state index >= 15 is 0 Å². The second-order valence-electron chi connectivity index (χ2n) is 6.90. The van der Waals surface area contributed by atoms with Crippen LogP contribution in [0.15, 0.2) is 59.8 Å². The van der Waals surface area contributed by atoms with E-state index in [0.29, 0.717) is 6.20 Å². The van der Waals surface area contributed by atoms with Crippen LogP contribution in [0.1, 0.15) is 11.1 Å². The number of nitrogens with two attached hydrogens (primary N) is 1. The minimum Gasteiger partial charge on any atom is -0.497 e. The molecule has 0 aliphatic rings. The molecule has 0 aliphatic heterocycles. The molecule has 174 valence electrons. The predicted octanol–water partition coefficient (Wildman–Crippen LogP) is 3.74. The monoisotopic (exact) mass is 483 g/mol. The summed E-state index contributed by atoms with van der Waals surface area (Å²) in [6.07, 6.45) is -3.38. The number of halogens is 4. The van der Waals surface area contributed by atoms with Crippen molar-refractivity contribution in [2.75, 3.05) is 12.4 Å². The Hall–Kier alpha value is -3.51. The van der Waals surface area contributed by atoms with Crippen molar-refractivity contribution in [1.29, 1.82) is 0 Å². The Morgan fingerprint density at radius 2 is 1.85 bits per heavy atom. The number of sulfonamides is 1. The van der Waals surface area contributed by atoms with Crippen LogP contribution in [-0.2, 0) is 27.4 Å². The highest BCUT2D eigenvalue weighted by atomic mass is 32.2. The second-order valence-corrected chi connectivity index (χ2v) is 8.43. The summed E-state index contributed by atoms with van der Waals surface area (Å²) in [7, 11) is -3.03. The summed E-state index contributed by atoms with van der Waals surface area (Å²) < 4.78 is 82.2. The molecule has 33 heavy (non-hydrogen) atoms. The molecule has 1 heterocycles. The van der Waals surface area contributed by atoms with Crippen LogP contribution in [0, 0.1) is 5.82 Å². The van der Waals surface area contributed by atoms with Gasteiger partial charge in [0, 0.05) is 35.3 Å². The molecule has 0 saturated carbocycles. The fourth-order valence-corrected chi connectivity index (χ4v) is 3.78. The topological polar surface area (TPSA) is 111 Å². The number of primary sulfonamides is 1. The van der Waals surface area contributed by atoms with Crippen LogP contribution in [0.3, 0.4) is 0 Å². The van der Waals surface area contributed by atoms with Gasteiger partial charge >= 0.3 is 6.18 Å². The van der Waals surface area contributed by atoms with Crippen molar-refractivity contribution < 1.29 is 35.5 Å². The lowest BCUT2D eigenvalue weighted by atomic mass is 10.0. The third-order valence-electron chi connectivity index (χ3n) is 4.56. The maximum atomic E-state index is 14.1. The summed E-state index contributed by atoms with van der Waals surface area (Å²) in [5.74, 6) is -1.05. The van der Waals surface area contributed by atoms with Gasteiger partial charge in [-0.2, -0.15) is 13.2 Å². The number of alkyl halides is 3. The Labute approximate surface area is 186 Å². The average Bonchev–Trinajstić information content (AvgIpc) is 2.74. The number of aromatic nitrogens is 1. The number of anilines is 1. The first kappa shape index (κ1) is 24.1. The van der Waals surface area contributed by atoms with Crippen LogP contribution in [0.4, 0.5) is 23.2 Å². The van der Waals surface area contributed by atoms with Gasteiger partial charge in [0.15, 0.2) is 0 Å². The normalized spacial score (nSPS) is 11.8. The van der Waals surface area contributed by atoms with Gasteiger partial charge in [0.05, 0.1) is 24.0 Å². The molecule has 3 N–H and O–H groups in total. The van der Waals surface area contributed by atoms with E-state index in [1.807, 2.05) is 0 Å². The molecule has 0 unspecified atom stereocenters. The largest absolute Gasteiger partial charge is 0.497 e. The van der Waals surface area contributed by atoms with Crippen LogP contribution in [0.2, 0.25) is 0 Å². The smallest absolute Gasteiger partial charge is 0.417 e. The zero-order chi connectivity index (χ0) is 24.4. The van der Waals surface area contributed by atoms with Crippen molar-refractivity contribution in [3.05, 3.63) is 71.8 Å². The van der Waals surface area contributed by atoms with E-state index in [9.17, 15) is 30.8 Å². The van der Waals surface area contributed by atoms with Crippen LogP contribution in [0.25, 0.3) is 11.1 Å². The second kappa shape index (κ2) is 9.16. The van der Waals surface area contributed by atoms with Crippen LogP contribution in [0.5, 0.6) is 5.75 Å². The van der Waals surface area contributed by atoms with Gasteiger partial charge < -0.3 is 10.1 Å². The number of amides is 1. The lowest BCUT2D eigenvalue weighted by molar-refractivity contribution is -0.137. The molecule has 3 aromatic rings. The molecule has 1 aromatic heterocycles. The van der Waals surface area contributed by atoms with Crippen molar-refractivity contribution in [3.8, 4) is 16.9 Å². The van der Waals surface area contributed by atoms with Gasteiger partial charge in [0.25, 0.3) is 0 Å². The van der Waals surface area contributed by atoms with E-state index in [1.54, 1.807) is 0 Å². The van der Waals surface area contributed by atoms with Gasteiger partial charge in [-0.05, 0) is 29.8 Å². The number of nitrogens with zero attached hydrogens (tertiary/aromatic N) is 1. The number of hydrogen-bond donors (Lipinski definition) is 2. The lowest BCUT2D eigenvalue weighted by Gasteiger charge is -2.13. The minimum absolute atomic E-state index is 0.00151. The fraction of sp³-hybridized carbons (Fsp3) is 0.143. The number of rotatable bonds is 6. The van der Waals surface area contributed by atoms with Crippen molar-refractivity contribution >= 4 is 21.6 Å². The molecule has 0 saturated heterocycles. The maximum Gasteiger partial charge on any atom is 0.417 e. The van der Waals surface area contributed by atoms with E-state index in [0.717, 1.165) is 24.4 Å². The standard InChI is InChI=1S/C21H17F4N3O4S/c1-32-16-4-2-12(18(22)9-16)7-20(29)28-15-3-5-17(19(8-15)33(26,30)31)13-6-14(11-27-10-13)21(23,24)25/h2-6,8-11H,7H2,1H3,(H,28,29)(H2,26,30,31). The number of ether oxygens (including phenoxy) is 1. The van der Waals surface area contributed by atoms with Crippen molar-refractivity contribution in [2.24, 2.45) is 5.14 Å². The quantitative estimate of drug-likeness (QED) is 0.519. The zero-order valence-electron chi connectivity index (χ0n) is 17.0. The van der Waals surface area contributed by atoms with Crippen molar-refractivity contribution in [3.63, 3.8) is 0 Å². The van der Waals surface area contributed by atoms with E-state index in [2.05, 4.69) is 10.3 Å². The summed E-state index contributed by atoms with van der Waals surface area (Å²) in [5, 5.41) is 7.67. The molecule has 0 fully saturated rings. The SMILES string of the molecule is COc1ccc(CC(=O)Nc2ccc(-c3cncc(C(F)(F)F)c3)c(S(N)(=O)=O)c2)c(F)c1. The van der Waals surface area contributed by atoms with Crippen LogP contribution in [-0.4, -0.2) is 26.4 Å². The highest BCUT2D eigenvalue weighted by molar-refractivity contribution is 7.89. The van der Waals surface area contributed by atoms with Gasteiger partial charge in [-0.1, -0.05) is 12.1 Å². The fourth-order valence-electron chi connectivity index (χ4n) is 2.99. The number of carbonyl (C=O) groups is 1. The highest BCUT2D eigenvalue weighted by Gasteiger charge is 2.31. The van der Waals surface area contributed by atoms with Gasteiger partial charge in [-0.25, -0.2) is 17.9 Å². The number of benzene rings is 2. The first-order valence-electron chi connectivity index (χ1n) is 9.20. The number of nitrogens with one attached hydrogen (secondary N) is 1. The van der Waals surface area contributed by atoms with Gasteiger partial charge in [-0.3, -0.25) is 9.78 Å². The molecule has 0 spiro atoms. The number of hydrogen-bond acceptors (Lipinski definition) is 5. The van der Waals surface area contributed by atoms with Crippen LogP contribution < -0.4 is 15.2 Å². The van der Waals surface area contributed by atoms with Gasteiger partial charge in [0.2, 0.25) is 15.9 Å². The average molecular weight is 483 g/mol. The molecule has 1 amide bonds. The maximum absolute atomic E-state index is 14.1. The van der Waals surface area contributed by atoms with E-state index in [1.165, 1.54) is 31.4 Å². The molecule has 0 radical (unpaired) electrons. The van der Waals surface area contributed by atoms with E-state index < -0.39 is 38.4 Å². The molecule has 12 heteroatoms. The molecule has 7 nitrogen and oxygen atoms in total.